The lowest BCUT2D eigenvalue weighted by atomic mass is 10.3. The van der Waals surface area contributed by atoms with Gasteiger partial charge in [-0.25, -0.2) is 20.6 Å². The van der Waals surface area contributed by atoms with Crippen LogP contribution in [-0.2, 0) is 0 Å². The molecule has 0 fully saturated rings. The minimum atomic E-state index is -0.549. The van der Waals surface area contributed by atoms with E-state index in [0.717, 1.165) is 5.56 Å². The number of urea groups is 1. The van der Waals surface area contributed by atoms with Gasteiger partial charge < -0.3 is 21.8 Å². The van der Waals surface area contributed by atoms with Crippen molar-refractivity contribution in [1.29, 1.82) is 0 Å². The molecule has 0 spiro atoms. The topological polar surface area (TPSA) is 131 Å². The number of rotatable bonds is 5. The van der Waals surface area contributed by atoms with Crippen LogP contribution < -0.4 is 27.6 Å². The van der Waals surface area contributed by atoms with E-state index in [2.05, 4.69) is 26.0 Å². The van der Waals surface area contributed by atoms with Crippen LogP contribution in [-0.4, -0.2) is 29.1 Å². The van der Waals surface area contributed by atoms with Gasteiger partial charge in [0.2, 0.25) is 0 Å². The summed E-state index contributed by atoms with van der Waals surface area (Å²) in [5.74, 6) is 7.20. The molecule has 8 heteroatoms. The molecule has 7 N–H and O–H groups in total. The lowest BCUT2D eigenvalue weighted by Crippen LogP contribution is -2.33. The van der Waals surface area contributed by atoms with Crippen LogP contribution >= 0.6 is 0 Å². The first-order valence-corrected chi connectivity index (χ1v) is 5.13. The highest BCUT2D eigenvalue weighted by Gasteiger charge is 2.07. The van der Waals surface area contributed by atoms with E-state index >= 15 is 0 Å². The maximum absolute atomic E-state index is 10.5. The van der Waals surface area contributed by atoms with E-state index in [0.29, 0.717) is 30.5 Å². The van der Waals surface area contributed by atoms with Gasteiger partial charge in [0.25, 0.3) is 0 Å². The molecule has 0 saturated heterocycles. The van der Waals surface area contributed by atoms with Gasteiger partial charge in [0.1, 0.15) is 17.5 Å². The Morgan fingerprint density at radius 3 is 2.47 bits per heavy atom. The van der Waals surface area contributed by atoms with E-state index in [1.807, 2.05) is 6.92 Å². The number of primary amides is 1. The Bertz CT molecular complexity index is 407. The first-order chi connectivity index (χ1) is 8.04. The standard InChI is InChI=1S/C9H17N7O/c1-5-7(12-3-4-13-9(10)17)14-6(2)15-8(5)16-11/h3-4,11H2,1-2H3,(H3,10,13,17)(H2,12,14,15,16). The predicted octanol–water partition coefficient (Wildman–Crippen LogP) is -0.541. The van der Waals surface area contributed by atoms with Gasteiger partial charge in [0.05, 0.1) is 0 Å². The minimum absolute atomic E-state index is 0.420. The van der Waals surface area contributed by atoms with E-state index in [1.165, 1.54) is 0 Å². The molecule has 0 aliphatic rings. The van der Waals surface area contributed by atoms with Crippen molar-refractivity contribution >= 4 is 17.7 Å². The summed E-state index contributed by atoms with van der Waals surface area (Å²) in [4.78, 5) is 18.8. The Labute approximate surface area is 99.2 Å². The fourth-order valence-electron chi connectivity index (χ4n) is 1.31. The Kier molecular flexibility index (Phi) is 4.46. The van der Waals surface area contributed by atoms with E-state index in [1.54, 1.807) is 6.92 Å². The van der Waals surface area contributed by atoms with Crippen LogP contribution in [0.25, 0.3) is 0 Å². The molecule has 8 nitrogen and oxygen atoms in total. The number of hydrogen-bond donors (Lipinski definition) is 5. The summed E-state index contributed by atoms with van der Waals surface area (Å²) in [6.45, 7) is 4.55. The van der Waals surface area contributed by atoms with Crippen LogP contribution in [0.15, 0.2) is 0 Å². The summed E-state index contributed by atoms with van der Waals surface area (Å²) in [6.07, 6.45) is 0. The number of aryl methyl sites for hydroxylation is 1. The summed E-state index contributed by atoms with van der Waals surface area (Å²) < 4.78 is 0. The third kappa shape index (κ3) is 3.76. The van der Waals surface area contributed by atoms with Crippen LogP contribution in [0.2, 0.25) is 0 Å². The highest BCUT2D eigenvalue weighted by atomic mass is 16.2. The molecule has 1 heterocycles. The van der Waals surface area contributed by atoms with Crippen LogP contribution in [0.1, 0.15) is 11.4 Å². The van der Waals surface area contributed by atoms with Gasteiger partial charge in [0.15, 0.2) is 0 Å². The zero-order valence-electron chi connectivity index (χ0n) is 9.87. The van der Waals surface area contributed by atoms with Crippen molar-refractivity contribution in [1.82, 2.24) is 15.3 Å². The number of carbonyl (C=O) groups excluding carboxylic acids is 1. The summed E-state index contributed by atoms with van der Waals surface area (Å²) in [6, 6.07) is -0.549. The van der Waals surface area contributed by atoms with E-state index in [4.69, 9.17) is 11.6 Å². The number of carbonyl (C=O) groups is 1. The van der Waals surface area contributed by atoms with Crippen molar-refractivity contribution in [3.63, 3.8) is 0 Å². The molecule has 0 unspecified atom stereocenters. The van der Waals surface area contributed by atoms with Gasteiger partial charge in [-0.05, 0) is 13.8 Å². The maximum atomic E-state index is 10.5. The Morgan fingerprint density at radius 2 is 1.88 bits per heavy atom. The highest BCUT2D eigenvalue weighted by Crippen LogP contribution is 2.18. The number of nitrogens with zero attached hydrogens (tertiary/aromatic N) is 2. The Hall–Kier alpha value is -2.09. The predicted molar refractivity (Wildman–Crippen MR) is 65.4 cm³/mol. The molecule has 0 bridgehead atoms. The molecule has 0 saturated carbocycles. The molecule has 17 heavy (non-hydrogen) atoms. The van der Waals surface area contributed by atoms with Gasteiger partial charge in [-0.2, -0.15) is 0 Å². The quantitative estimate of drug-likeness (QED) is 0.266. The zero-order valence-corrected chi connectivity index (χ0v) is 9.87. The third-order valence-corrected chi connectivity index (χ3v) is 2.11. The number of hydrazine groups is 1. The normalized spacial score (nSPS) is 9.82. The molecule has 94 valence electrons. The number of anilines is 2. The lowest BCUT2D eigenvalue weighted by Gasteiger charge is -2.12. The maximum Gasteiger partial charge on any atom is 0.312 e. The van der Waals surface area contributed by atoms with E-state index in [-0.39, 0.29) is 0 Å². The molecule has 1 aromatic rings. The average molecular weight is 239 g/mol. The number of amides is 2. The van der Waals surface area contributed by atoms with Gasteiger partial charge in [-0.3, -0.25) is 0 Å². The van der Waals surface area contributed by atoms with Gasteiger partial charge in [-0.15, -0.1) is 0 Å². The summed E-state index contributed by atoms with van der Waals surface area (Å²) in [5, 5.41) is 5.54. The smallest absolute Gasteiger partial charge is 0.312 e. The number of nitrogens with two attached hydrogens (primary N) is 2. The fourth-order valence-corrected chi connectivity index (χ4v) is 1.31. The van der Waals surface area contributed by atoms with Crippen LogP contribution in [0.4, 0.5) is 16.4 Å². The highest BCUT2D eigenvalue weighted by molar-refractivity contribution is 5.71. The van der Waals surface area contributed by atoms with Crippen LogP contribution in [0.3, 0.4) is 0 Å². The molecular formula is C9H17N7O. The molecule has 0 aliphatic heterocycles. The second kappa shape index (κ2) is 5.85. The first-order valence-electron chi connectivity index (χ1n) is 5.13. The third-order valence-electron chi connectivity index (χ3n) is 2.11. The second-order valence-electron chi connectivity index (χ2n) is 3.46. The van der Waals surface area contributed by atoms with Crippen LogP contribution in [0, 0.1) is 13.8 Å². The monoisotopic (exact) mass is 239 g/mol. The zero-order chi connectivity index (χ0) is 12.8. The molecule has 2 amide bonds. The van der Waals surface area contributed by atoms with Crippen molar-refractivity contribution in [2.45, 2.75) is 13.8 Å². The van der Waals surface area contributed by atoms with E-state index < -0.39 is 6.03 Å². The van der Waals surface area contributed by atoms with Gasteiger partial charge in [0, 0.05) is 18.7 Å². The van der Waals surface area contributed by atoms with Crippen molar-refractivity contribution in [2.24, 2.45) is 11.6 Å². The minimum Gasteiger partial charge on any atom is -0.368 e. The summed E-state index contributed by atoms with van der Waals surface area (Å²) >= 11 is 0. The van der Waals surface area contributed by atoms with Gasteiger partial charge >= 0.3 is 6.03 Å². The first kappa shape index (κ1) is 13.0. The largest absolute Gasteiger partial charge is 0.368 e. The van der Waals surface area contributed by atoms with Gasteiger partial charge in [-0.1, -0.05) is 0 Å². The second-order valence-corrected chi connectivity index (χ2v) is 3.46. The molecule has 0 aliphatic carbocycles. The Balaban J connectivity index is 2.64. The number of nitrogen functional groups attached to an aromatic ring is 1. The molecule has 0 radical (unpaired) electrons. The fraction of sp³-hybridized carbons (Fsp3) is 0.444. The van der Waals surface area contributed by atoms with E-state index in [9.17, 15) is 4.79 Å². The van der Waals surface area contributed by atoms with Crippen LogP contribution in [0.5, 0.6) is 0 Å². The molecular weight excluding hydrogens is 222 g/mol. The Morgan fingerprint density at radius 1 is 1.24 bits per heavy atom. The number of nitrogens with one attached hydrogen (secondary N) is 3. The average Bonchev–Trinajstić information content (AvgIpc) is 2.28. The molecule has 0 atom stereocenters. The van der Waals surface area contributed by atoms with Crippen molar-refractivity contribution in [3.05, 3.63) is 11.4 Å². The summed E-state index contributed by atoms with van der Waals surface area (Å²) in [5.41, 5.74) is 8.26. The van der Waals surface area contributed by atoms with Crippen molar-refractivity contribution < 1.29 is 4.79 Å². The number of hydrogen-bond acceptors (Lipinski definition) is 6. The molecule has 1 aromatic heterocycles. The lowest BCUT2D eigenvalue weighted by molar-refractivity contribution is 0.249. The molecule has 0 aromatic carbocycles. The van der Waals surface area contributed by atoms with Crippen molar-refractivity contribution in [2.75, 3.05) is 23.8 Å². The SMILES string of the molecule is Cc1nc(NN)c(C)c(NCCNC(N)=O)n1. The summed E-state index contributed by atoms with van der Waals surface area (Å²) in [7, 11) is 0. The number of aromatic nitrogens is 2. The van der Waals surface area contributed by atoms with Crippen molar-refractivity contribution in [3.8, 4) is 0 Å². The molecule has 1 rings (SSSR count).